The molecule has 7 heteroatoms. The predicted molar refractivity (Wildman–Crippen MR) is 129 cm³/mol. The first-order chi connectivity index (χ1) is 14.9. The molecule has 1 N–H and O–H groups in total. The molecule has 0 unspecified atom stereocenters. The van der Waals surface area contributed by atoms with Gasteiger partial charge in [0, 0.05) is 7.11 Å². The molecule has 0 aliphatic carbocycles. The van der Waals surface area contributed by atoms with Crippen molar-refractivity contribution in [1.82, 2.24) is 0 Å². The van der Waals surface area contributed by atoms with Gasteiger partial charge in [-0.1, -0.05) is 6.07 Å². The third-order valence-electron chi connectivity index (χ3n) is 5.14. The van der Waals surface area contributed by atoms with E-state index < -0.39 is 0 Å². The maximum atomic E-state index is 11.2. The molecule has 0 atom stereocenters. The van der Waals surface area contributed by atoms with Crippen LogP contribution in [0.4, 0.5) is 0 Å². The smallest absolute Gasteiger partial charge is 0.188 e. The molecule has 31 heavy (non-hydrogen) atoms. The minimum Gasteiger partial charge on any atom is -0.507 e. The van der Waals surface area contributed by atoms with Crippen molar-refractivity contribution in [3.8, 4) is 28.7 Å². The second-order valence-corrected chi connectivity index (χ2v) is 8.17. The highest BCUT2D eigenvalue weighted by atomic mass is 127. The minimum atomic E-state index is 0.0642. The van der Waals surface area contributed by atoms with E-state index in [0.29, 0.717) is 34.4 Å². The molecule has 0 bridgehead atoms. The third-order valence-corrected chi connectivity index (χ3v) is 6.36. The zero-order valence-electron chi connectivity index (χ0n) is 18.4. The van der Waals surface area contributed by atoms with Gasteiger partial charge in [-0.05, 0) is 83.3 Å². The summed E-state index contributed by atoms with van der Waals surface area (Å²) in [6, 6.07) is 9.58. The van der Waals surface area contributed by atoms with Crippen LogP contribution in [0.15, 0.2) is 30.3 Å². The van der Waals surface area contributed by atoms with E-state index in [1.54, 1.807) is 40.6 Å². The fraction of sp³-hybridized carbons (Fsp3) is 0.333. The monoisotopic (exact) mass is 538 g/mol. The molecule has 0 radical (unpaired) electrons. The van der Waals surface area contributed by atoms with Crippen LogP contribution in [0.3, 0.4) is 0 Å². The Labute approximate surface area is 196 Å². The number of fused-ring (bicyclic) bond motifs is 1. The van der Waals surface area contributed by atoms with Gasteiger partial charge in [0.15, 0.2) is 6.79 Å². The van der Waals surface area contributed by atoms with Gasteiger partial charge in [0.1, 0.15) is 28.7 Å². The molecule has 0 aliphatic heterocycles. The van der Waals surface area contributed by atoms with Gasteiger partial charge in [0.2, 0.25) is 0 Å². The van der Waals surface area contributed by atoms with Crippen LogP contribution in [0.2, 0.25) is 0 Å². The summed E-state index contributed by atoms with van der Waals surface area (Å²) in [7, 11) is 6.42. The molecule has 0 saturated carbocycles. The van der Waals surface area contributed by atoms with Gasteiger partial charge in [0.25, 0.3) is 0 Å². The zero-order valence-corrected chi connectivity index (χ0v) is 20.5. The minimum absolute atomic E-state index is 0.0642. The van der Waals surface area contributed by atoms with E-state index >= 15 is 0 Å². The van der Waals surface area contributed by atoms with Crippen molar-refractivity contribution in [3.05, 3.63) is 50.6 Å². The molecule has 0 saturated heterocycles. The van der Waals surface area contributed by atoms with Crippen molar-refractivity contribution in [2.45, 2.75) is 19.8 Å². The Balaban J connectivity index is 2.09. The van der Waals surface area contributed by atoms with E-state index in [-0.39, 0.29) is 12.5 Å². The van der Waals surface area contributed by atoms with E-state index in [0.717, 1.165) is 32.4 Å². The summed E-state index contributed by atoms with van der Waals surface area (Å²) in [5, 5.41) is 12.4. The Morgan fingerprint density at radius 3 is 2.06 bits per heavy atom. The van der Waals surface area contributed by atoms with Gasteiger partial charge in [0.05, 0.1) is 35.7 Å². The number of rotatable bonds is 9. The number of benzene rings is 3. The second kappa shape index (κ2) is 10.3. The molecule has 166 valence electrons. The number of halogens is 1. The van der Waals surface area contributed by atoms with Crippen molar-refractivity contribution in [2.75, 3.05) is 35.2 Å². The summed E-state index contributed by atoms with van der Waals surface area (Å²) < 4.78 is 28.5. The summed E-state index contributed by atoms with van der Waals surface area (Å²) in [4.78, 5) is 0. The number of ether oxygens (including phenoxy) is 5. The normalized spacial score (nSPS) is 10.9. The summed E-state index contributed by atoms with van der Waals surface area (Å²) in [5.41, 5.74) is 3.06. The Morgan fingerprint density at radius 2 is 1.42 bits per heavy atom. The maximum Gasteiger partial charge on any atom is 0.188 e. The van der Waals surface area contributed by atoms with Crippen LogP contribution in [-0.4, -0.2) is 40.3 Å². The second-order valence-electron chi connectivity index (χ2n) is 7.09. The molecule has 0 heterocycles. The first kappa shape index (κ1) is 23.3. The third kappa shape index (κ3) is 4.77. The first-order valence-corrected chi connectivity index (χ1v) is 10.9. The number of methoxy groups -OCH3 is 4. The number of aromatic hydroxyl groups is 1. The highest BCUT2D eigenvalue weighted by Crippen LogP contribution is 2.46. The molecular formula is C24H27IO6. The van der Waals surface area contributed by atoms with Crippen LogP contribution in [0.1, 0.15) is 16.7 Å². The van der Waals surface area contributed by atoms with E-state index in [1.807, 2.05) is 19.1 Å². The standard InChI is InChI=1S/C24H27IO6/c1-14-10-15(23(25)20(11-14)30-5)6-7-16-12-19(29-4)21-17(28-3)8-9-18(31-13-27-2)22(21)24(16)26/h8-12,26H,6-7,13H2,1-5H3. The summed E-state index contributed by atoms with van der Waals surface area (Å²) in [6.07, 6.45) is 1.35. The average molecular weight is 538 g/mol. The molecule has 3 rings (SSSR count). The molecule has 3 aromatic carbocycles. The fourth-order valence-corrected chi connectivity index (χ4v) is 4.48. The Kier molecular flexibility index (Phi) is 7.72. The van der Waals surface area contributed by atoms with Crippen LogP contribution in [0.25, 0.3) is 10.8 Å². The van der Waals surface area contributed by atoms with Crippen molar-refractivity contribution < 1.29 is 28.8 Å². The van der Waals surface area contributed by atoms with E-state index in [4.69, 9.17) is 23.7 Å². The number of aryl methyl sites for hydroxylation is 3. The molecule has 0 aromatic heterocycles. The first-order valence-electron chi connectivity index (χ1n) is 9.79. The highest BCUT2D eigenvalue weighted by molar-refractivity contribution is 14.1. The molecule has 3 aromatic rings. The van der Waals surface area contributed by atoms with Gasteiger partial charge in [-0.3, -0.25) is 0 Å². The molecule has 0 spiro atoms. The quantitative estimate of drug-likeness (QED) is 0.297. The Morgan fingerprint density at radius 1 is 0.774 bits per heavy atom. The largest absolute Gasteiger partial charge is 0.507 e. The molecular weight excluding hydrogens is 511 g/mol. The van der Waals surface area contributed by atoms with Crippen LogP contribution in [-0.2, 0) is 17.6 Å². The van der Waals surface area contributed by atoms with Crippen molar-refractivity contribution >= 4 is 33.4 Å². The lowest BCUT2D eigenvalue weighted by molar-refractivity contribution is 0.0521. The lowest BCUT2D eigenvalue weighted by atomic mass is 9.97. The van der Waals surface area contributed by atoms with Gasteiger partial charge < -0.3 is 28.8 Å². The van der Waals surface area contributed by atoms with Crippen LogP contribution < -0.4 is 18.9 Å². The number of phenols is 1. The number of hydrogen-bond donors (Lipinski definition) is 1. The van der Waals surface area contributed by atoms with Crippen molar-refractivity contribution in [3.63, 3.8) is 0 Å². The number of hydrogen-bond acceptors (Lipinski definition) is 6. The lowest BCUT2D eigenvalue weighted by Crippen LogP contribution is -2.02. The molecule has 0 amide bonds. The van der Waals surface area contributed by atoms with Gasteiger partial charge in [-0.2, -0.15) is 0 Å². The summed E-state index contributed by atoms with van der Waals surface area (Å²) >= 11 is 2.30. The topological polar surface area (TPSA) is 66.4 Å². The SMILES string of the molecule is COCOc1ccc(OC)c2c(OC)cc(CCc3cc(C)cc(OC)c3I)c(O)c12. The maximum absolute atomic E-state index is 11.2. The Bertz CT molecular complexity index is 1080. The predicted octanol–water partition coefficient (Wildman–Crippen LogP) is 5.25. The molecule has 6 nitrogen and oxygen atoms in total. The zero-order chi connectivity index (χ0) is 22.5. The van der Waals surface area contributed by atoms with Crippen LogP contribution in [0, 0.1) is 10.5 Å². The molecule has 0 fully saturated rings. The number of phenolic OH excluding ortho intramolecular Hbond substituents is 1. The van der Waals surface area contributed by atoms with Crippen LogP contribution >= 0.6 is 22.6 Å². The summed E-state index contributed by atoms with van der Waals surface area (Å²) in [5.74, 6) is 2.71. The van der Waals surface area contributed by atoms with Crippen molar-refractivity contribution in [2.24, 2.45) is 0 Å². The average Bonchev–Trinajstić information content (AvgIpc) is 2.78. The van der Waals surface area contributed by atoms with E-state index in [9.17, 15) is 5.11 Å². The van der Waals surface area contributed by atoms with Gasteiger partial charge >= 0.3 is 0 Å². The van der Waals surface area contributed by atoms with E-state index in [1.165, 1.54) is 0 Å². The highest BCUT2D eigenvalue weighted by Gasteiger charge is 2.20. The fourth-order valence-electron chi connectivity index (χ4n) is 3.68. The van der Waals surface area contributed by atoms with E-state index in [2.05, 4.69) is 28.7 Å². The van der Waals surface area contributed by atoms with Crippen LogP contribution in [0.5, 0.6) is 28.7 Å². The lowest BCUT2D eigenvalue weighted by Gasteiger charge is -2.18. The van der Waals surface area contributed by atoms with Crippen molar-refractivity contribution in [1.29, 1.82) is 0 Å². The summed E-state index contributed by atoms with van der Waals surface area (Å²) in [6.45, 7) is 2.11. The molecule has 0 aliphatic rings. The Hall–Kier alpha value is -2.39. The van der Waals surface area contributed by atoms with Gasteiger partial charge in [-0.25, -0.2) is 0 Å². The van der Waals surface area contributed by atoms with Gasteiger partial charge in [-0.15, -0.1) is 0 Å².